The Kier molecular flexibility index (Phi) is 12.0. The molecule has 0 aromatic carbocycles. The number of fused-ring (bicyclic) bond motifs is 1. The zero-order valence-corrected chi connectivity index (χ0v) is 29.8. The van der Waals surface area contributed by atoms with E-state index in [4.69, 9.17) is 11.6 Å². The highest BCUT2D eigenvalue weighted by molar-refractivity contribution is 6.21. The van der Waals surface area contributed by atoms with Gasteiger partial charge in [-0.2, -0.15) is 13.2 Å². The number of carbonyl (C=O) groups is 3. The lowest BCUT2D eigenvalue weighted by Gasteiger charge is -2.57. The minimum absolute atomic E-state index is 0.0254. The van der Waals surface area contributed by atoms with Crippen molar-refractivity contribution in [2.75, 3.05) is 52.5 Å². The number of piperazine rings is 2. The number of hydrogen-bond acceptors (Lipinski definition) is 12. The molecule has 0 radical (unpaired) electrons. The summed E-state index contributed by atoms with van der Waals surface area (Å²) in [5.74, 6) is -1.96. The fourth-order valence-corrected chi connectivity index (χ4v) is 9.32. The second-order valence-electron chi connectivity index (χ2n) is 14.9. The average Bonchev–Trinajstić information content (AvgIpc) is 3.62. The van der Waals surface area contributed by atoms with Crippen molar-refractivity contribution in [1.82, 2.24) is 51.7 Å². The van der Waals surface area contributed by atoms with Crippen LogP contribution in [0, 0.1) is 5.92 Å². The second kappa shape index (κ2) is 15.7. The quantitative estimate of drug-likeness (QED) is 0.156. The molecule has 12 atom stereocenters. The van der Waals surface area contributed by atoms with E-state index in [9.17, 15) is 32.7 Å². The minimum Gasteiger partial charge on any atom is -0.389 e. The zero-order chi connectivity index (χ0) is 35.9. The number of rotatable bonds is 7. The van der Waals surface area contributed by atoms with E-state index in [2.05, 4.69) is 41.9 Å². The van der Waals surface area contributed by atoms with Crippen LogP contribution in [0.4, 0.5) is 13.2 Å². The summed E-state index contributed by atoms with van der Waals surface area (Å²) in [4.78, 5) is 47.6. The van der Waals surface area contributed by atoms with Crippen LogP contribution in [-0.2, 0) is 14.4 Å². The summed E-state index contributed by atoms with van der Waals surface area (Å²) < 4.78 is 40.1. The molecule has 12 unspecified atom stereocenters. The molecule has 284 valence electrons. The van der Waals surface area contributed by atoms with Crippen LogP contribution < -0.4 is 32.0 Å². The van der Waals surface area contributed by atoms with E-state index in [1.807, 2.05) is 25.7 Å². The number of amides is 2. The topological polar surface area (TPSA) is 157 Å². The number of piperidine rings is 1. The van der Waals surface area contributed by atoms with E-state index in [0.29, 0.717) is 39.3 Å². The molecule has 6 aliphatic rings. The first-order chi connectivity index (χ1) is 23.8. The number of aliphatic hydroxyl groups is 1. The molecule has 1 aliphatic carbocycles. The molecule has 0 bridgehead atoms. The number of halogens is 4. The number of likely N-dealkylation sites (tertiary alicyclic amines) is 1. The van der Waals surface area contributed by atoms with Gasteiger partial charge in [0.15, 0.2) is 5.78 Å². The molecule has 7 N–H and O–H groups in total. The summed E-state index contributed by atoms with van der Waals surface area (Å²) in [5.41, 5.74) is 3.40. The third kappa shape index (κ3) is 7.82. The number of ketones is 1. The van der Waals surface area contributed by atoms with Crippen molar-refractivity contribution in [2.45, 2.75) is 125 Å². The molecule has 6 fully saturated rings. The predicted molar refractivity (Wildman–Crippen MR) is 180 cm³/mol. The smallest absolute Gasteiger partial charge is 0.389 e. The van der Waals surface area contributed by atoms with Crippen LogP contribution >= 0.6 is 11.6 Å². The molecule has 5 heterocycles. The van der Waals surface area contributed by atoms with Crippen molar-refractivity contribution in [3.8, 4) is 0 Å². The van der Waals surface area contributed by atoms with Gasteiger partial charge in [0.25, 0.3) is 0 Å². The normalized spacial score (nSPS) is 41.2. The number of hydrogen-bond donors (Lipinski definition) is 7. The Hall–Kier alpha value is -1.67. The maximum Gasteiger partial charge on any atom is 0.391 e. The monoisotopic (exact) mass is 734 g/mol. The van der Waals surface area contributed by atoms with Crippen LogP contribution in [0.5, 0.6) is 0 Å². The molecule has 18 heteroatoms. The summed E-state index contributed by atoms with van der Waals surface area (Å²) >= 11 is 6.42. The van der Waals surface area contributed by atoms with Gasteiger partial charge in [0.2, 0.25) is 11.8 Å². The Bertz CT molecular complexity index is 1230. The van der Waals surface area contributed by atoms with Crippen LogP contribution in [0.25, 0.3) is 0 Å². The maximum absolute atomic E-state index is 14.6. The van der Waals surface area contributed by atoms with Gasteiger partial charge in [-0.05, 0) is 46.0 Å². The van der Waals surface area contributed by atoms with Crippen molar-refractivity contribution in [2.24, 2.45) is 5.92 Å². The molecule has 0 spiro atoms. The van der Waals surface area contributed by atoms with Crippen molar-refractivity contribution in [3.05, 3.63) is 0 Å². The van der Waals surface area contributed by atoms with Gasteiger partial charge in [0.05, 0.1) is 48.4 Å². The second-order valence-corrected chi connectivity index (χ2v) is 15.4. The third-order valence-electron chi connectivity index (χ3n) is 11.8. The molecule has 50 heavy (non-hydrogen) atoms. The van der Waals surface area contributed by atoms with Gasteiger partial charge in [0, 0.05) is 70.1 Å². The SMILES string of the molecule is CCC1C(N2CCN(C(=O)C3NCNC(C)C3O)CC2)C(=O)C2NC(N3CCCN3)C(C)NC2N1CC(=O)NC1CCC(C(F)(F)F)CC1Cl. The average molecular weight is 735 g/mol. The van der Waals surface area contributed by atoms with Crippen molar-refractivity contribution in [3.63, 3.8) is 0 Å². The molecule has 5 saturated heterocycles. The van der Waals surface area contributed by atoms with Crippen molar-refractivity contribution in [1.29, 1.82) is 0 Å². The summed E-state index contributed by atoms with van der Waals surface area (Å²) in [5, 5.41) is 28.3. The lowest BCUT2D eigenvalue weighted by Crippen LogP contribution is -2.82. The number of nitrogens with one attached hydrogen (secondary N) is 6. The summed E-state index contributed by atoms with van der Waals surface area (Å²) in [6, 6.07) is -3.14. The first kappa shape index (κ1) is 38.1. The molecular weight excluding hydrogens is 681 g/mol. The molecule has 0 aromatic heterocycles. The van der Waals surface area contributed by atoms with Crippen molar-refractivity contribution >= 4 is 29.2 Å². The Labute approximate surface area is 296 Å². The van der Waals surface area contributed by atoms with Gasteiger partial charge in [-0.3, -0.25) is 50.9 Å². The molecule has 6 rings (SSSR count). The summed E-state index contributed by atoms with van der Waals surface area (Å²) in [6.07, 6.45) is -4.48. The third-order valence-corrected chi connectivity index (χ3v) is 12.2. The first-order valence-corrected chi connectivity index (χ1v) is 18.7. The van der Waals surface area contributed by atoms with Gasteiger partial charge in [0.1, 0.15) is 6.04 Å². The van der Waals surface area contributed by atoms with Gasteiger partial charge in [-0.25, -0.2) is 5.01 Å². The van der Waals surface area contributed by atoms with E-state index in [-0.39, 0.29) is 67.7 Å². The van der Waals surface area contributed by atoms with Gasteiger partial charge in [-0.15, -0.1) is 11.6 Å². The standard InChI is InChI=1S/C32H54ClF3N10O4/c1-4-22-26(43-10-12-44(13-11-43)31(50)25-27(48)17(2)37-16-38-25)28(49)24-30(40-18(3)29(42-24)46-9-5-8-39-46)45(22)15-23(47)41-21-7-6-19(14-20(21)33)32(34,35)36/h17-22,24-27,29-30,37-40,42,48H,4-16H2,1-3H3,(H,41,47). The Morgan fingerprint density at radius 3 is 2.40 bits per heavy atom. The highest BCUT2D eigenvalue weighted by Crippen LogP contribution is 2.39. The number of Topliss-reactive ketones (excluding diaryl/α,β-unsaturated/α-hetero) is 1. The lowest BCUT2D eigenvalue weighted by molar-refractivity contribution is -0.182. The first-order valence-electron chi connectivity index (χ1n) is 18.3. The summed E-state index contributed by atoms with van der Waals surface area (Å²) in [6.45, 7) is 9.59. The number of carbonyl (C=O) groups excluding carboxylic acids is 3. The summed E-state index contributed by atoms with van der Waals surface area (Å²) in [7, 11) is 0. The lowest BCUT2D eigenvalue weighted by atomic mass is 9.83. The maximum atomic E-state index is 14.6. The van der Waals surface area contributed by atoms with E-state index < -0.39 is 53.9 Å². The number of hydrazine groups is 1. The van der Waals surface area contributed by atoms with E-state index in [0.717, 1.165) is 19.5 Å². The number of nitrogens with zero attached hydrogens (tertiary/aromatic N) is 4. The van der Waals surface area contributed by atoms with Gasteiger partial charge in [-0.1, -0.05) is 6.92 Å². The van der Waals surface area contributed by atoms with E-state index in [1.165, 1.54) is 0 Å². The largest absolute Gasteiger partial charge is 0.391 e. The zero-order valence-electron chi connectivity index (χ0n) is 29.1. The number of alkyl halides is 4. The van der Waals surface area contributed by atoms with Crippen LogP contribution in [0.3, 0.4) is 0 Å². The van der Waals surface area contributed by atoms with Gasteiger partial charge < -0.3 is 15.3 Å². The van der Waals surface area contributed by atoms with E-state index in [1.54, 1.807) is 4.90 Å². The van der Waals surface area contributed by atoms with Crippen LogP contribution in [0.2, 0.25) is 0 Å². The molecule has 0 aromatic rings. The molecule has 5 aliphatic heterocycles. The molecule has 2 amide bonds. The van der Waals surface area contributed by atoms with Crippen LogP contribution in [-0.4, -0.2) is 167 Å². The highest BCUT2D eigenvalue weighted by atomic mass is 35.5. The van der Waals surface area contributed by atoms with Crippen molar-refractivity contribution < 1.29 is 32.7 Å². The number of aliphatic hydroxyl groups excluding tert-OH is 1. The van der Waals surface area contributed by atoms with Crippen LogP contribution in [0.1, 0.15) is 52.9 Å². The van der Waals surface area contributed by atoms with Crippen LogP contribution in [0.15, 0.2) is 0 Å². The Balaban J connectivity index is 1.18. The van der Waals surface area contributed by atoms with Gasteiger partial charge >= 0.3 is 6.18 Å². The molecular formula is C32H54ClF3N10O4. The molecule has 14 nitrogen and oxygen atoms in total. The Morgan fingerprint density at radius 2 is 1.76 bits per heavy atom. The minimum atomic E-state index is -4.32. The fraction of sp³-hybridized carbons (Fsp3) is 0.906. The fourth-order valence-electron chi connectivity index (χ4n) is 8.91. The highest BCUT2D eigenvalue weighted by Gasteiger charge is 2.55. The van der Waals surface area contributed by atoms with E-state index >= 15 is 0 Å². The molecule has 1 saturated carbocycles. The predicted octanol–water partition coefficient (Wildman–Crippen LogP) is -1.30. The Morgan fingerprint density at radius 1 is 1.02 bits per heavy atom.